The first kappa shape index (κ1) is 14.3. The highest BCUT2D eigenvalue weighted by Gasteiger charge is 2.35. The zero-order valence-corrected chi connectivity index (χ0v) is 12.5. The van der Waals surface area contributed by atoms with Crippen LogP contribution in [-0.4, -0.2) is 23.6 Å². The van der Waals surface area contributed by atoms with Crippen LogP contribution in [0.2, 0.25) is 0 Å². The fourth-order valence-electron chi connectivity index (χ4n) is 3.84. The largest absolute Gasteiger partial charge is 0.376 e. The third-order valence-corrected chi connectivity index (χ3v) is 4.88. The van der Waals surface area contributed by atoms with Crippen molar-refractivity contribution >= 4 is 11.4 Å². The van der Waals surface area contributed by atoms with Gasteiger partial charge in [-0.3, -0.25) is 10.1 Å². The van der Waals surface area contributed by atoms with Crippen molar-refractivity contribution in [2.45, 2.75) is 51.1 Å². The van der Waals surface area contributed by atoms with E-state index < -0.39 is 0 Å². The molecule has 3 unspecified atom stereocenters. The van der Waals surface area contributed by atoms with Gasteiger partial charge in [0.15, 0.2) is 0 Å². The molecule has 0 spiro atoms. The van der Waals surface area contributed by atoms with Crippen LogP contribution >= 0.6 is 0 Å². The fourth-order valence-corrected chi connectivity index (χ4v) is 3.84. The van der Waals surface area contributed by atoms with Crippen LogP contribution in [0, 0.1) is 23.0 Å². The van der Waals surface area contributed by atoms with Crippen molar-refractivity contribution in [1.82, 2.24) is 5.32 Å². The molecule has 1 saturated carbocycles. The van der Waals surface area contributed by atoms with Crippen molar-refractivity contribution in [1.29, 1.82) is 0 Å². The number of nitro groups is 1. The molecule has 1 aromatic rings. The molecule has 1 saturated heterocycles. The van der Waals surface area contributed by atoms with Gasteiger partial charge in [-0.15, -0.1) is 0 Å². The van der Waals surface area contributed by atoms with Crippen LogP contribution in [0.15, 0.2) is 18.2 Å². The summed E-state index contributed by atoms with van der Waals surface area (Å²) in [4.78, 5) is 11.0. The zero-order valence-electron chi connectivity index (χ0n) is 12.5. The molecule has 114 valence electrons. The Hall–Kier alpha value is -1.62. The Kier molecular flexibility index (Phi) is 4.10. The van der Waals surface area contributed by atoms with Crippen LogP contribution in [0.4, 0.5) is 11.4 Å². The summed E-state index contributed by atoms with van der Waals surface area (Å²) in [6, 6.07) is 6.37. The highest BCUT2D eigenvalue weighted by molar-refractivity contribution is 5.63. The third-order valence-electron chi connectivity index (χ3n) is 4.88. The number of hydrogen-bond acceptors (Lipinski definition) is 4. The number of nitrogens with one attached hydrogen (secondary N) is 2. The van der Waals surface area contributed by atoms with Crippen LogP contribution in [0.1, 0.15) is 37.7 Å². The summed E-state index contributed by atoms with van der Waals surface area (Å²) in [5, 5.41) is 18.3. The Balaban J connectivity index is 1.77. The quantitative estimate of drug-likeness (QED) is 0.659. The molecule has 0 amide bonds. The van der Waals surface area contributed by atoms with Crippen molar-refractivity contribution in [2.75, 3.05) is 11.9 Å². The molecule has 5 heteroatoms. The number of nitro benzene ring substituents is 1. The third kappa shape index (κ3) is 3.02. The Morgan fingerprint density at radius 2 is 2.14 bits per heavy atom. The number of aryl methyl sites for hydroxylation is 1. The standard InChI is InChI=1S/C16H23N3O2/c1-11-7-8-15(16(10-11)19(20)21)18-14-5-2-4-12(14)13-6-3-9-17-13/h7-8,10,12-14,17-18H,2-6,9H2,1H3. The number of anilines is 1. The predicted molar refractivity (Wildman–Crippen MR) is 83.6 cm³/mol. The Labute approximate surface area is 125 Å². The monoisotopic (exact) mass is 289 g/mol. The first-order chi connectivity index (χ1) is 10.1. The van der Waals surface area contributed by atoms with E-state index in [0.717, 1.165) is 18.5 Å². The van der Waals surface area contributed by atoms with E-state index in [9.17, 15) is 10.1 Å². The van der Waals surface area contributed by atoms with E-state index in [-0.39, 0.29) is 10.6 Å². The van der Waals surface area contributed by atoms with Gasteiger partial charge in [-0.2, -0.15) is 0 Å². The average Bonchev–Trinajstić information content (AvgIpc) is 3.11. The summed E-state index contributed by atoms with van der Waals surface area (Å²) >= 11 is 0. The van der Waals surface area contributed by atoms with Crippen LogP contribution in [0.3, 0.4) is 0 Å². The van der Waals surface area contributed by atoms with E-state index in [2.05, 4.69) is 10.6 Å². The van der Waals surface area contributed by atoms with Crippen LogP contribution in [-0.2, 0) is 0 Å². The zero-order chi connectivity index (χ0) is 14.8. The van der Waals surface area contributed by atoms with Gasteiger partial charge in [0.25, 0.3) is 5.69 Å². The number of rotatable bonds is 4. The molecule has 0 radical (unpaired) electrons. The van der Waals surface area contributed by atoms with Gasteiger partial charge in [-0.1, -0.05) is 12.5 Å². The number of benzene rings is 1. The van der Waals surface area contributed by atoms with E-state index in [1.165, 1.54) is 25.7 Å². The maximum atomic E-state index is 11.2. The minimum absolute atomic E-state index is 0.194. The second kappa shape index (κ2) is 6.02. The summed E-state index contributed by atoms with van der Waals surface area (Å²) in [6.07, 6.45) is 6.01. The maximum absolute atomic E-state index is 11.2. The highest BCUT2D eigenvalue weighted by Crippen LogP contribution is 2.36. The van der Waals surface area contributed by atoms with Gasteiger partial charge in [-0.05, 0) is 56.7 Å². The lowest BCUT2D eigenvalue weighted by atomic mass is 9.93. The maximum Gasteiger partial charge on any atom is 0.292 e. The smallest absolute Gasteiger partial charge is 0.292 e. The second-order valence-corrected chi connectivity index (χ2v) is 6.33. The predicted octanol–water partition coefficient (Wildman–Crippen LogP) is 3.24. The van der Waals surface area contributed by atoms with Gasteiger partial charge < -0.3 is 10.6 Å². The second-order valence-electron chi connectivity index (χ2n) is 6.33. The molecule has 1 heterocycles. The van der Waals surface area contributed by atoms with Gasteiger partial charge >= 0.3 is 0 Å². The SMILES string of the molecule is Cc1ccc(NC2CCCC2C2CCCN2)c([N+](=O)[O-])c1. The van der Waals surface area contributed by atoms with Crippen molar-refractivity contribution in [3.8, 4) is 0 Å². The highest BCUT2D eigenvalue weighted by atomic mass is 16.6. The van der Waals surface area contributed by atoms with Gasteiger partial charge in [0.05, 0.1) is 4.92 Å². The Morgan fingerprint density at radius 3 is 2.86 bits per heavy atom. The van der Waals surface area contributed by atoms with Crippen molar-refractivity contribution in [3.05, 3.63) is 33.9 Å². The van der Waals surface area contributed by atoms with E-state index in [1.54, 1.807) is 6.07 Å². The van der Waals surface area contributed by atoms with E-state index in [4.69, 9.17) is 0 Å². The molecule has 2 fully saturated rings. The molecule has 3 atom stereocenters. The first-order valence-electron chi connectivity index (χ1n) is 7.90. The van der Waals surface area contributed by atoms with Crippen LogP contribution in [0.5, 0.6) is 0 Å². The minimum Gasteiger partial charge on any atom is -0.376 e. The van der Waals surface area contributed by atoms with Crippen molar-refractivity contribution < 1.29 is 4.92 Å². The van der Waals surface area contributed by atoms with Crippen LogP contribution in [0.25, 0.3) is 0 Å². The summed E-state index contributed by atoms with van der Waals surface area (Å²) in [7, 11) is 0. The lowest BCUT2D eigenvalue weighted by Gasteiger charge is -2.27. The van der Waals surface area contributed by atoms with Crippen molar-refractivity contribution in [3.63, 3.8) is 0 Å². The topological polar surface area (TPSA) is 67.2 Å². The lowest BCUT2D eigenvalue weighted by Crippen LogP contribution is -2.38. The average molecular weight is 289 g/mol. The number of hydrogen-bond donors (Lipinski definition) is 2. The summed E-state index contributed by atoms with van der Waals surface area (Å²) in [5.74, 6) is 0.591. The van der Waals surface area contributed by atoms with E-state index in [1.807, 2.05) is 19.1 Å². The number of nitrogens with zero attached hydrogens (tertiary/aromatic N) is 1. The van der Waals surface area contributed by atoms with Gasteiger partial charge in [0.1, 0.15) is 5.69 Å². The fraction of sp³-hybridized carbons (Fsp3) is 0.625. The molecule has 2 aliphatic rings. The molecular weight excluding hydrogens is 266 g/mol. The molecule has 0 bridgehead atoms. The molecule has 21 heavy (non-hydrogen) atoms. The molecule has 2 N–H and O–H groups in total. The molecular formula is C16H23N3O2. The lowest BCUT2D eigenvalue weighted by molar-refractivity contribution is -0.384. The van der Waals surface area contributed by atoms with Gasteiger partial charge in [0, 0.05) is 18.2 Å². The summed E-state index contributed by atoms with van der Waals surface area (Å²) in [5.41, 5.74) is 1.79. The van der Waals surface area contributed by atoms with Crippen LogP contribution < -0.4 is 10.6 Å². The summed E-state index contributed by atoms with van der Waals surface area (Å²) < 4.78 is 0. The van der Waals surface area contributed by atoms with E-state index >= 15 is 0 Å². The Bertz CT molecular complexity index is 526. The molecule has 1 aliphatic heterocycles. The first-order valence-corrected chi connectivity index (χ1v) is 7.90. The molecule has 3 rings (SSSR count). The minimum atomic E-state index is -0.285. The normalized spacial score (nSPS) is 28.7. The summed E-state index contributed by atoms with van der Waals surface area (Å²) in [6.45, 7) is 3.00. The van der Waals surface area contributed by atoms with E-state index in [0.29, 0.717) is 23.7 Å². The molecule has 1 aromatic carbocycles. The molecule has 0 aromatic heterocycles. The Morgan fingerprint density at radius 1 is 1.29 bits per heavy atom. The molecule has 1 aliphatic carbocycles. The van der Waals surface area contributed by atoms with Gasteiger partial charge in [-0.25, -0.2) is 0 Å². The van der Waals surface area contributed by atoms with Crippen molar-refractivity contribution in [2.24, 2.45) is 5.92 Å². The molecule has 5 nitrogen and oxygen atoms in total. The van der Waals surface area contributed by atoms with Gasteiger partial charge in [0.2, 0.25) is 0 Å².